The van der Waals surface area contributed by atoms with Crippen LogP contribution in [0.1, 0.15) is 11.1 Å². The SMILES string of the molecule is [C-]#[N+]c1ccc2c(c1)c[n+]1n2-c2cc(C)ccc2C1. The fourth-order valence-corrected chi connectivity index (χ4v) is 2.83. The first-order valence-corrected chi connectivity index (χ1v) is 6.29. The van der Waals surface area contributed by atoms with Crippen molar-refractivity contribution in [2.24, 2.45) is 0 Å². The molecule has 0 fully saturated rings. The summed E-state index contributed by atoms with van der Waals surface area (Å²) < 4.78 is 4.45. The first kappa shape index (κ1) is 10.3. The van der Waals surface area contributed by atoms with Gasteiger partial charge in [0.05, 0.1) is 12.0 Å². The Labute approximate surface area is 111 Å². The second-order valence-corrected chi connectivity index (χ2v) is 5.03. The zero-order chi connectivity index (χ0) is 13.0. The van der Waals surface area contributed by atoms with E-state index in [1.807, 2.05) is 18.2 Å². The predicted molar refractivity (Wildman–Crippen MR) is 73.6 cm³/mol. The minimum Gasteiger partial charge on any atom is -0.238 e. The first-order chi connectivity index (χ1) is 9.26. The largest absolute Gasteiger partial charge is 0.238 e. The number of aromatic nitrogens is 2. The minimum atomic E-state index is 0.696. The highest BCUT2D eigenvalue weighted by Crippen LogP contribution is 2.27. The molecular formula is C16H12N3+. The zero-order valence-corrected chi connectivity index (χ0v) is 10.6. The molecule has 3 heteroatoms. The van der Waals surface area contributed by atoms with Crippen LogP contribution in [0.5, 0.6) is 0 Å². The summed E-state index contributed by atoms with van der Waals surface area (Å²) in [4.78, 5) is 3.49. The van der Waals surface area contributed by atoms with Crippen LogP contribution < -0.4 is 4.68 Å². The van der Waals surface area contributed by atoms with Gasteiger partial charge in [-0.1, -0.05) is 18.2 Å². The highest BCUT2D eigenvalue weighted by atomic mass is 15.4. The molecule has 1 aromatic heterocycles. The minimum absolute atomic E-state index is 0.696. The molecular weight excluding hydrogens is 234 g/mol. The topological polar surface area (TPSA) is 13.2 Å². The zero-order valence-electron chi connectivity index (χ0n) is 10.6. The Morgan fingerprint density at radius 1 is 1.21 bits per heavy atom. The lowest BCUT2D eigenvalue weighted by atomic mass is 10.1. The second-order valence-electron chi connectivity index (χ2n) is 5.03. The Morgan fingerprint density at radius 3 is 2.95 bits per heavy atom. The Balaban J connectivity index is 2.06. The van der Waals surface area contributed by atoms with Crippen molar-refractivity contribution >= 4 is 16.6 Å². The van der Waals surface area contributed by atoms with Crippen LogP contribution in [0.3, 0.4) is 0 Å². The van der Waals surface area contributed by atoms with Gasteiger partial charge in [0.2, 0.25) is 6.20 Å². The van der Waals surface area contributed by atoms with Crippen LogP contribution in [0.4, 0.5) is 5.69 Å². The number of fused-ring (bicyclic) bond motifs is 5. The maximum absolute atomic E-state index is 7.09. The van der Waals surface area contributed by atoms with Crippen LogP contribution in [0, 0.1) is 13.5 Å². The van der Waals surface area contributed by atoms with Crippen molar-refractivity contribution in [1.29, 1.82) is 0 Å². The quantitative estimate of drug-likeness (QED) is 0.334. The van der Waals surface area contributed by atoms with Crippen molar-refractivity contribution in [1.82, 2.24) is 4.68 Å². The summed E-state index contributed by atoms with van der Waals surface area (Å²) in [6, 6.07) is 12.5. The van der Waals surface area contributed by atoms with E-state index in [2.05, 4.69) is 45.5 Å². The van der Waals surface area contributed by atoms with Crippen molar-refractivity contribution in [3.05, 3.63) is 65.1 Å². The first-order valence-electron chi connectivity index (χ1n) is 6.29. The van der Waals surface area contributed by atoms with Gasteiger partial charge in [-0.15, -0.1) is 9.36 Å². The second kappa shape index (κ2) is 3.46. The lowest BCUT2D eigenvalue weighted by Crippen LogP contribution is -2.36. The average Bonchev–Trinajstić information content (AvgIpc) is 2.93. The number of aryl methyl sites for hydroxylation is 1. The Hall–Kier alpha value is -2.60. The highest BCUT2D eigenvalue weighted by Gasteiger charge is 2.27. The van der Waals surface area contributed by atoms with Gasteiger partial charge in [-0.3, -0.25) is 0 Å². The summed E-state index contributed by atoms with van der Waals surface area (Å²) in [5.74, 6) is 0. The monoisotopic (exact) mass is 246 g/mol. The third-order valence-corrected chi connectivity index (χ3v) is 3.71. The molecule has 2 aromatic carbocycles. The number of benzene rings is 2. The summed E-state index contributed by atoms with van der Waals surface area (Å²) in [6.07, 6.45) is 2.12. The summed E-state index contributed by atoms with van der Waals surface area (Å²) >= 11 is 0. The van der Waals surface area contributed by atoms with Crippen LogP contribution in [0.15, 0.2) is 42.6 Å². The number of nitrogens with zero attached hydrogens (tertiary/aromatic N) is 3. The van der Waals surface area contributed by atoms with E-state index in [4.69, 9.17) is 6.57 Å². The van der Waals surface area contributed by atoms with Crippen molar-refractivity contribution < 1.29 is 4.68 Å². The van der Waals surface area contributed by atoms with E-state index in [0.717, 1.165) is 17.4 Å². The standard InChI is InChI=1S/C16H12N3/c1-11-3-4-12-9-18-10-13-8-14(17-2)5-6-15(13)19(18)16(12)7-11/h3-8,10H,9H2,1H3/q+1. The molecule has 0 radical (unpaired) electrons. The van der Waals surface area contributed by atoms with E-state index < -0.39 is 0 Å². The number of hydrogen-bond acceptors (Lipinski definition) is 0. The maximum Gasteiger partial charge on any atom is 0.203 e. The van der Waals surface area contributed by atoms with Gasteiger partial charge in [-0.25, -0.2) is 4.85 Å². The van der Waals surface area contributed by atoms with Crippen molar-refractivity contribution in [3.8, 4) is 5.69 Å². The molecule has 0 N–H and O–H groups in total. The summed E-state index contributed by atoms with van der Waals surface area (Å²) in [5.41, 5.74) is 5.73. The molecule has 3 nitrogen and oxygen atoms in total. The summed E-state index contributed by atoms with van der Waals surface area (Å²) in [7, 11) is 0. The van der Waals surface area contributed by atoms with Gasteiger partial charge in [0.25, 0.3) is 0 Å². The molecule has 1 aliphatic heterocycles. The smallest absolute Gasteiger partial charge is 0.203 e. The Morgan fingerprint density at radius 2 is 2.11 bits per heavy atom. The van der Waals surface area contributed by atoms with E-state index in [1.165, 1.54) is 16.8 Å². The van der Waals surface area contributed by atoms with Crippen molar-refractivity contribution in [2.75, 3.05) is 0 Å². The van der Waals surface area contributed by atoms with Gasteiger partial charge in [-0.2, -0.15) is 0 Å². The molecule has 2 heterocycles. The van der Waals surface area contributed by atoms with Gasteiger partial charge in [0.15, 0.2) is 12.2 Å². The van der Waals surface area contributed by atoms with Gasteiger partial charge in [-0.05, 0) is 30.7 Å². The summed E-state index contributed by atoms with van der Waals surface area (Å²) in [6.45, 7) is 10.1. The molecule has 0 atom stereocenters. The van der Waals surface area contributed by atoms with Crippen LogP contribution in [0.25, 0.3) is 21.4 Å². The normalized spacial score (nSPS) is 12.2. The molecule has 0 aliphatic carbocycles. The molecule has 0 saturated carbocycles. The number of rotatable bonds is 0. The lowest BCUT2D eigenvalue weighted by molar-refractivity contribution is -0.749. The molecule has 0 bridgehead atoms. The molecule has 0 saturated heterocycles. The highest BCUT2D eigenvalue weighted by molar-refractivity contribution is 5.83. The van der Waals surface area contributed by atoms with Crippen molar-refractivity contribution in [3.63, 3.8) is 0 Å². The predicted octanol–water partition coefficient (Wildman–Crippen LogP) is 3.14. The van der Waals surface area contributed by atoms with Crippen LogP contribution >= 0.6 is 0 Å². The molecule has 0 amide bonds. The van der Waals surface area contributed by atoms with Crippen LogP contribution in [-0.2, 0) is 6.54 Å². The van der Waals surface area contributed by atoms with Gasteiger partial charge < -0.3 is 0 Å². The van der Waals surface area contributed by atoms with E-state index in [9.17, 15) is 0 Å². The molecule has 0 spiro atoms. The van der Waals surface area contributed by atoms with Gasteiger partial charge >= 0.3 is 0 Å². The molecule has 90 valence electrons. The third-order valence-electron chi connectivity index (χ3n) is 3.71. The van der Waals surface area contributed by atoms with E-state index in [0.29, 0.717) is 5.69 Å². The van der Waals surface area contributed by atoms with Gasteiger partial charge in [0.1, 0.15) is 11.2 Å². The van der Waals surface area contributed by atoms with Gasteiger partial charge in [0, 0.05) is 5.56 Å². The fraction of sp³-hybridized carbons (Fsp3) is 0.125. The Kier molecular flexibility index (Phi) is 1.88. The van der Waals surface area contributed by atoms with Crippen LogP contribution in [-0.4, -0.2) is 4.68 Å². The van der Waals surface area contributed by atoms with Crippen LogP contribution in [0.2, 0.25) is 0 Å². The van der Waals surface area contributed by atoms with Crippen molar-refractivity contribution in [2.45, 2.75) is 13.5 Å². The van der Waals surface area contributed by atoms with E-state index in [-0.39, 0.29) is 0 Å². The Bertz CT molecular complexity index is 866. The molecule has 1 aliphatic rings. The average molecular weight is 246 g/mol. The molecule has 0 unspecified atom stereocenters. The van der Waals surface area contributed by atoms with E-state index >= 15 is 0 Å². The lowest BCUT2D eigenvalue weighted by Gasteiger charge is -1.99. The molecule has 3 aromatic rings. The number of hydrogen-bond donors (Lipinski definition) is 0. The third kappa shape index (κ3) is 1.34. The maximum atomic E-state index is 7.09. The fourth-order valence-electron chi connectivity index (χ4n) is 2.83. The summed E-state index contributed by atoms with van der Waals surface area (Å²) in [5, 5.41) is 1.13. The molecule has 4 rings (SSSR count). The van der Waals surface area contributed by atoms with E-state index in [1.54, 1.807) is 0 Å². The molecule has 19 heavy (non-hydrogen) atoms.